The van der Waals surface area contributed by atoms with E-state index in [4.69, 9.17) is 16.0 Å². The van der Waals surface area contributed by atoms with Crippen molar-refractivity contribution in [3.05, 3.63) is 106 Å². The van der Waals surface area contributed by atoms with Crippen molar-refractivity contribution in [2.24, 2.45) is 0 Å². The number of imidazole rings is 1. The lowest BCUT2D eigenvalue weighted by Crippen LogP contribution is -2.31. The Morgan fingerprint density at radius 1 is 1.07 bits per heavy atom. The van der Waals surface area contributed by atoms with Crippen molar-refractivity contribution >= 4 is 22.7 Å². The molecule has 43 heavy (non-hydrogen) atoms. The van der Waals surface area contributed by atoms with Crippen LogP contribution in [0.5, 0.6) is 5.88 Å². The van der Waals surface area contributed by atoms with Gasteiger partial charge < -0.3 is 19.1 Å². The molecule has 0 aliphatic carbocycles. The minimum absolute atomic E-state index is 0.00156. The lowest BCUT2D eigenvalue weighted by Gasteiger charge is -2.27. The fourth-order valence-electron chi connectivity index (χ4n) is 4.63. The largest absolute Gasteiger partial charge is 0.478 e. The predicted octanol–water partition coefficient (Wildman–Crippen LogP) is 5.51. The molecule has 0 amide bonds. The minimum atomic E-state index is -1.09. The molecule has 1 atom stereocenters. The van der Waals surface area contributed by atoms with Gasteiger partial charge in [0.05, 0.1) is 53.3 Å². The van der Waals surface area contributed by atoms with Gasteiger partial charge in [0.15, 0.2) is 5.82 Å². The Labute approximate surface area is 242 Å². The number of hydrogen-bond acceptors (Lipinski definition) is 7. The van der Waals surface area contributed by atoms with Crippen LogP contribution in [0.4, 0.5) is 18.9 Å². The van der Waals surface area contributed by atoms with Gasteiger partial charge in [0.2, 0.25) is 11.5 Å². The lowest BCUT2D eigenvalue weighted by atomic mass is 10.1. The van der Waals surface area contributed by atoms with Crippen molar-refractivity contribution in [3.8, 4) is 17.3 Å². The summed E-state index contributed by atoms with van der Waals surface area (Å²) in [6, 6.07) is 9.51. The van der Waals surface area contributed by atoms with E-state index in [0.29, 0.717) is 41.4 Å². The number of hydrogen-bond donors (Lipinski definition) is 1. The average Bonchev–Trinajstić information content (AvgIpc) is 3.32. The fourth-order valence-corrected chi connectivity index (χ4v) is 4.63. The topological polar surface area (TPSA) is 117 Å². The highest BCUT2D eigenvalue weighted by molar-refractivity contribution is 5.92. The molecule has 1 aliphatic heterocycles. The molecule has 4 heterocycles. The summed E-state index contributed by atoms with van der Waals surface area (Å²) in [4.78, 5) is 31.2. The Bertz CT molecular complexity index is 1900. The molecular weight excluding hydrogens is 565 g/mol. The second-order valence-electron chi connectivity index (χ2n) is 9.78. The number of ether oxygens (including phenoxy) is 2. The molecule has 1 saturated heterocycles. The third-order valence-electron chi connectivity index (χ3n) is 6.99. The molecule has 0 saturated carbocycles. The minimum Gasteiger partial charge on any atom is -0.478 e. The highest BCUT2D eigenvalue weighted by Gasteiger charge is 2.24. The molecule has 0 spiro atoms. The summed E-state index contributed by atoms with van der Waals surface area (Å²) in [5, 5.41) is 9.44. The van der Waals surface area contributed by atoms with Crippen LogP contribution < -0.4 is 4.74 Å². The number of fused-ring (bicyclic) bond motifs is 1. The number of rotatable bonds is 9. The average molecular weight is 587 g/mol. The Hall–Kier alpha value is -5.35. The summed E-state index contributed by atoms with van der Waals surface area (Å²) in [6.07, 6.45) is 2.76. The number of aromatic nitrogens is 5. The van der Waals surface area contributed by atoms with Gasteiger partial charge in [0, 0.05) is 19.2 Å². The molecule has 1 fully saturated rings. The van der Waals surface area contributed by atoms with Crippen molar-refractivity contribution in [2.75, 3.05) is 6.61 Å². The van der Waals surface area contributed by atoms with Gasteiger partial charge in [0.25, 0.3) is 5.88 Å². The molecule has 6 rings (SSSR count). The smallest absolute Gasteiger partial charge is 0.335 e. The molecule has 0 radical (unpaired) electrons. The summed E-state index contributed by atoms with van der Waals surface area (Å²) < 4.78 is 57.9. The molecule has 1 N–H and O–H groups in total. The molecule has 0 bridgehead atoms. The summed E-state index contributed by atoms with van der Waals surface area (Å²) in [5.74, 6) is -3.96. The first kappa shape index (κ1) is 27.8. The van der Waals surface area contributed by atoms with Crippen molar-refractivity contribution in [2.45, 2.75) is 32.1 Å². The maximum absolute atomic E-state index is 15.4. The molecule has 13 heteroatoms. The maximum atomic E-state index is 15.4. The quantitative estimate of drug-likeness (QED) is 0.225. The zero-order chi connectivity index (χ0) is 30.1. The van der Waals surface area contributed by atoms with Gasteiger partial charge in [0.1, 0.15) is 24.1 Å². The van der Waals surface area contributed by atoms with Crippen LogP contribution in [0.1, 0.15) is 33.9 Å². The summed E-state index contributed by atoms with van der Waals surface area (Å²) in [6.45, 7) is 7.79. The van der Waals surface area contributed by atoms with Gasteiger partial charge >= 0.3 is 5.97 Å². The standard InChI is InChI=1S/C30H21F3N6O4/c1-34-18-3-4-19(35-12-18)15-43-29-24(33)13-36-28(38-29)21-11-22(31)17(8-23(21)32)10-27-37-25-5-2-16(30(40)41)9-26(25)39(27)14-20-6-7-42-20/h2-5,8-9,11-13,20H,6-7,10,14-15H2,(H,40,41)/t20-/m0/s1. The summed E-state index contributed by atoms with van der Waals surface area (Å²) in [7, 11) is 0. The van der Waals surface area contributed by atoms with Crippen molar-refractivity contribution in [1.82, 2.24) is 24.5 Å². The normalized spacial score (nSPS) is 14.3. The van der Waals surface area contributed by atoms with Crippen LogP contribution in [-0.2, 0) is 24.3 Å². The Balaban J connectivity index is 1.28. The maximum Gasteiger partial charge on any atom is 0.335 e. The van der Waals surface area contributed by atoms with E-state index in [1.807, 2.05) is 0 Å². The molecule has 5 aromatic rings. The van der Waals surface area contributed by atoms with E-state index in [1.54, 1.807) is 16.7 Å². The van der Waals surface area contributed by atoms with E-state index in [-0.39, 0.29) is 41.6 Å². The first-order chi connectivity index (χ1) is 20.8. The number of carboxylic acids is 1. The third-order valence-corrected chi connectivity index (χ3v) is 6.99. The van der Waals surface area contributed by atoms with Gasteiger partial charge in [-0.3, -0.25) is 4.98 Å². The number of carboxylic acid groups (broad SMARTS) is 1. The SMILES string of the molecule is [C-]#[N+]c1ccc(COc2nc(-c3cc(F)c(Cc4nc5ccc(C(=O)O)cc5n4C[C@@H]4CCO4)cc3F)ncc2F)nc1. The second kappa shape index (κ2) is 11.5. The van der Waals surface area contributed by atoms with Gasteiger partial charge in [-0.1, -0.05) is 6.07 Å². The molecule has 10 nitrogen and oxygen atoms in total. The molecule has 1 aliphatic rings. The lowest BCUT2D eigenvalue weighted by molar-refractivity contribution is -0.0589. The van der Waals surface area contributed by atoms with Crippen molar-refractivity contribution < 1.29 is 32.5 Å². The van der Waals surface area contributed by atoms with Crippen LogP contribution in [-0.4, -0.2) is 48.3 Å². The van der Waals surface area contributed by atoms with Crippen LogP contribution in [0.15, 0.2) is 54.9 Å². The van der Waals surface area contributed by atoms with Crippen LogP contribution in [0.2, 0.25) is 0 Å². The Morgan fingerprint density at radius 3 is 2.60 bits per heavy atom. The monoisotopic (exact) mass is 586 g/mol. The zero-order valence-corrected chi connectivity index (χ0v) is 22.3. The van der Waals surface area contributed by atoms with Crippen molar-refractivity contribution in [3.63, 3.8) is 0 Å². The molecule has 3 aromatic heterocycles. The van der Waals surface area contributed by atoms with Gasteiger partial charge in [-0.15, -0.1) is 0 Å². The third kappa shape index (κ3) is 5.73. The first-order valence-corrected chi connectivity index (χ1v) is 13.1. The van der Waals surface area contributed by atoms with E-state index in [9.17, 15) is 14.3 Å². The van der Waals surface area contributed by atoms with Crippen LogP contribution in [0.3, 0.4) is 0 Å². The Kier molecular flexibility index (Phi) is 7.43. The predicted molar refractivity (Wildman–Crippen MR) is 146 cm³/mol. The number of nitrogens with zero attached hydrogens (tertiary/aromatic N) is 6. The zero-order valence-electron chi connectivity index (χ0n) is 22.3. The Morgan fingerprint density at radius 2 is 1.91 bits per heavy atom. The number of benzene rings is 2. The fraction of sp³-hybridized carbons (Fsp3) is 0.200. The number of halogens is 3. The first-order valence-electron chi connectivity index (χ1n) is 13.1. The van der Waals surface area contributed by atoms with Gasteiger partial charge in [-0.2, -0.15) is 9.37 Å². The highest BCUT2D eigenvalue weighted by atomic mass is 19.1. The van der Waals surface area contributed by atoms with Crippen LogP contribution in [0.25, 0.3) is 27.3 Å². The molecule has 0 unspecified atom stereocenters. The van der Waals surface area contributed by atoms with E-state index < -0.39 is 29.3 Å². The molecule has 2 aromatic carbocycles. The van der Waals surface area contributed by atoms with E-state index in [0.717, 1.165) is 24.8 Å². The van der Waals surface area contributed by atoms with E-state index in [1.165, 1.54) is 24.4 Å². The highest BCUT2D eigenvalue weighted by Crippen LogP contribution is 2.29. The number of pyridine rings is 1. The summed E-state index contributed by atoms with van der Waals surface area (Å²) in [5.41, 5.74) is 1.58. The number of aromatic carboxylic acids is 1. The second-order valence-corrected chi connectivity index (χ2v) is 9.78. The number of carbonyl (C=O) groups is 1. The summed E-state index contributed by atoms with van der Waals surface area (Å²) >= 11 is 0. The van der Waals surface area contributed by atoms with Crippen molar-refractivity contribution in [1.29, 1.82) is 0 Å². The van der Waals surface area contributed by atoms with Gasteiger partial charge in [-0.05, 0) is 48.4 Å². The van der Waals surface area contributed by atoms with E-state index >= 15 is 8.78 Å². The van der Waals surface area contributed by atoms with Gasteiger partial charge in [-0.25, -0.2) is 28.4 Å². The van der Waals surface area contributed by atoms with E-state index in [2.05, 4.69) is 24.8 Å². The van der Waals surface area contributed by atoms with Crippen LogP contribution >= 0.6 is 0 Å². The molecule has 216 valence electrons. The van der Waals surface area contributed by atoms with Crippen LogP contribution in [0, 0.1) is 24.0 Å². The molecular formula is C30H21F3N6O4.